The fourth-order valence-corrected chi connectivity index (χ4v) is 2.87. The Morgan fingerprint density at radius 1 is 1.40 bits per heavy atom. The number of para-hydroxylation sites is 1. The highest BCUT2D eigenvalue weighted by atomic mass is 79.9. The van der Waals surface area contributed by atoms with Crippen molar-refractivity contribution in [3.63, 3.8) is 0 Å². The van der Waals surface area contributed by atoms with Gasteiger partial charge in [0, 0.05) is 16.9 Å². The van der Waals surface area contributed by atoms with Gasteiger partial charge in [0.05, 0.1) is 12.2 Å². The topological polar surface area (TPSA) is 49.4 Å². The maximum Gasteiger partial charge on any atom is 0.238 e. The van der Waals surface area contributed by atoms with Gasteiger partial charge in [-0.25, -0.2) is 0 Å². The Hall–Kier alpha value is -1.20. The van der Waals surface area contributed by atoms with E-state index in [9.17, 15) is 9.59 Å². The van der Waals surface area contributed by atoms with Gasteiger partial charge in [0.2, 0.25) is 5.91 Å². The summed E-state index contributed by atoms with van der Waals surface area (Å²) in [5, 5.41) is 2.89. The largest absolute Gasteiger partial charge is 0.324 e. The van der Waals surface area contributed by atoms with E-state index in [0.717, 1.165) is 29.5 Å². The Kier molecular flexibility index (Phi) is 5.31. The lowest BCUT2D eigenvalue weighted by Crippen LogP contribution is -2.42. The smallest absolute Gasteiger partial charge is 0.238 e. The first kappa shape index (κ1) is 15.2. The zero-order chi connectivity index (χ0) is 14.5. The molecule has 0 bridgehead atoms. The molecule has 5 heteroatoms. The number of hydrogen-bond donors (Lipinski definition) is 1. The number of carbonyl (C=O) groups is 2. The van der Waals surface area contributed by atoms with Gasteiger partial charge in [0.1, 0.15) is 5.78 Å². The first-order valence-corrected chi connectivity index (χ1v) is 7.62. The average molecular weight is 339 g/mol. The van der Waals surface area contributed by atoms with Crippen molar-refractivity contribution in [2.24, 2.45) is 5.92 Å². The van der Waals surface area contributed by atoms with Gasteiger partial charge in [-0.2, -0.15) is 0 Å². The Balaban J connectivity index is 1.88. The third kappa shape index (κ3) is 4.15. The molecule has 0 spiro atoms. The lowest BCUT2D eigenvalue weighted by molar-refractivity contribution is -0.124. The molecule has 1 amide bonds. The highest BCUT2D eigenvalue weighted by molar-refractivity contribution is 9.10. The number of carbonyl (C=O) groups excluding carboxylic acids is 2. The van der Waals surface area contributed by atoms with E-state index in [2.05, 4.69) is 26.1 Å². The first-order valence-electron chi connectivity index (χ1n) is 6.83. The Morgan fingerprint density at radius 2 is 2.15 bits per heavy atom. The molecule has 1 fully saturated rings. The molecule has 1 N–H and O–H groups in total. The zero-order valence-corrected chi connectivity index (χ0v) is 13.1. The molecule has 1 aliphatic heterocycles. The standard InChI is InChI=1S/C15H19BrN2O2/c1-11(19)12-5-4-8-18(9-12)10-15(20)17-14-7-3-2-6-13(14)16/h2-3,6-7,12H,4-5,8-10H2,1H3,(H,17,20). The van der Waals surface area contributed by atoms with Crippen molar-refractivity contribution in [1.82, 2.24) is 4.90 Å². The van der Waals surface area contributed by atoms with E-state index < -0.39 is 0 Å². The highest BCUT2D eigenvalue weighted by Gasteiger charge is 2.24. The van der Waals surface area contributed by atoms with Crippen LogP contribution in [0.4, 0.5) is 5.69 Å². The molecule has 1 atom stereocenters. The van der Waals surface area contributed by atoms with Crippen molar-refractivity contribution >= 4 is 33.3 Å². The number of nitrogens with zero attached hydrogens (tertiary/aromatic N) is 1. The summed E-state index contributed by atoms with van der Waals surface area (Å²) in [4.78, 5) is 25.5. The minimum Gasteiger partial charge on any atom is -0.324 e. The molecular weight excluding hydrogens is 320 g/mol. The van der Waals surface area contributed by atoms with Crippen LogP contribution < -0.4 is 5.32 Å². The molecule has 1 saturated heterocycles. The summed E-state index contributed by atoms with van der Waals surface area (Å²) in [6, 6.07) is 7.54. The van der Waals surface area contributed by atoms with Crippen LogP contribution in [0, 0.1) is 5.92 Å². The van der Waals surface area contributed by atoms with Crippen molar-refractivity contribution in [3.05, 3.63) is 28.7 Å². The van der Waals surface area contributed by atoms with Crippen molar-refractivity contribution in [1.29, 1.82) is 0 Å². The van der Waals surface area contributed by atoms with Crippen molar-refractivity contribution in [3.8, 4) is 0 Å². The van der Waals surface area contributed by atoms with Gasteiger partial charge in [-0.05, 0) is 54.4 Å². The van der Waals surface area contributed by atoms with E-state index in [1.54, 1.807) is 6.92 Å². The maximum atomic E-state index is 12.1. The van der Waals surface area contributed by atoms with Crippen LogP contribution in [0.15, 0.2) is 28.7 Å². The lowest BCUT2D eigenvalue weighted by atomic mass is 9.95. The predicted octanol–water partition coefficient (Wildman–Crippen LogP) is 2.69. The molecule has 0 aliphatic carbocycles. The molecule has 0 aromatic heterocycles. The molecular formula is C15H19BrN2O2. The fourth-order valence-electron chi connectivity index (χ4n) is 2.49. The van der Waals surface area contributed by atoms with Crippen LogP contribution in [0.5, 0.6) is 0 Å². The minimum absolute atomic E-state index is 0.0406. The summed E-state index contributed by atoms with van der Waals surface area (Å²) < 4.78 is 0.869. The minimum atomic E-state index is -0.0406. The molecule has 1 heterocycles. The summed E-state index contributed by atoms with van der Waals surface area (Å²) in [6.07, 6.45) is 1.92. The molecule has 1 aromatic rings. The van der Waals surface area contributed by atoms with E-state index in [-0.39, 0.29) is 17.6 Å². The summed E-state index contributed by atoms with van der Waals surface area (Å²) in [5.74, 6) is 0.266. The summed E-state index contributed by atoms with van der Waals surface area (Å²) >= 11 is 3.41. The third-order valence-electron chi connectivity index (χ3n) is 3.60. The molecule has 0 radical (unpaired) electrons. The van der Waals surface area contributed by atoms with E-state index in [1.165, 1.54) is 0 Å². The van der Waals surface area contributed by atoms with Crippen LogP contribution in [0.2, 0.25) is 0 Å². The number of nitrogens with one attached hydrogen (secondary N) is 1. The van der Waals surface area contributed by atoms with Crippen molar-refractivity contribution in [2.45, 2.75) is 19.8 Å². The average Bonchev–Trinajstić information content (AvgIpc) is 2.41. The molecule has 2 rings (SSSR count). The van der Waals surface area contributed by atoms with Gasteiger partial charge in [0.25, 0.3) is 0 Å². The molecule has 20 heavy (non-hydrogen) atoms. The SMILES string of the molecule is CC(=O)C1CCCN(CC(=O)Nc2ccccc2Br)C1. The van der Waals surface area contributed by atoms with E-state index in [4.69, 9.17) is 0 Å². The number of halogens is 1. The highest BCUT2D eigenvalue weighted by Crippen LogP contribution is 2.21. The van der Waals surface area contributed by atoms with Gasteiger partial charge in [-0.3, -0.25) is 14.5 Å². The monoisotopic (exact) mass is 338 g/mol. The van der Waals surface area contributed by atoms with Crippen molar-refractivity contribution < 1.29 is 9.59 Å². The number of anilines is 1. The molecule has 4 nitrogen and oxygen atoms in total. The fraction of sp³-hybridized carbons (Fsp3) is 0.467. The first-order chi connectivity index (χ1) is 9.56. The van der Waals surface area contributed by atoms with E-state index in [0.29, 0.717) is 13.1 Å². The van der Waals surface area contributed by atoms with Gasteiger partial charge < -0.3 is 5.32 Å². The van der Waals surface area contributed by atoms with Crippen LogP contribution in [0.1, 0.15) is 19.8 Å². The number of ketones is 1. The number of piperidine rings is 1. The normalized spacial score (nSPS) is 19.6. The number of benzene rings is 1. The second-order valence-corrected chi connectivity index (χ2v) is 6.07. The summed E-state index contributed by atoms with van der Waals surface area (Å²) in [5.41, 5.74) is 0.776. The number of rotatable bonds is 4. The summed E-state index contributed by atoms with van der Waals surface area (Å²) in [6.45, 7) is 3.55. The summed E-state index contributed by atoms with van der Waals surface area (Å²) in [7, 11) is 0. The number of likely N-dealkylation sites (tertiary alicyclic amines) is 1. The number of amides is 1. The molecule has 1 aliphatic rings. The van der Waals surface area contributed by atoms with Gasteiger partial charge in [-0.15, -0.1) is 0 Å². The Bertz CT molecular complexity index is 504. The molecule has 1 aromatic carbocycles. The van der Waals surface area contributed by atoms with Crippen LogP contribution in [-0.4, -0.2) is 36.2 Å². The van der Waals surface area contributed by atoms with E-state index >= 15 is 0 Å². The van der Waals surface area contributed by atoms with E-state index in [1.807, 2.05) is 24.3 Å². The van der Waals surface area contributed by atoms with Crippen molar-refractivity contribution in [2.75, 3.05) is 25.0 Å². The zero-order valence-electron chi connectivity index (χ0n) is 11.6. The number of Topliss-reactive ketones (excluding diaryl/α,β-unsaturated/α-hetero) is 1. The molecule has 108 valence electrons. The lowest BCUT2D eigenvalue weighted by Gasteiger charge is -2.30. The third-order valence-corrected chi connectivity index (χ3v) is 4.29. The quantitative estimate of drug-likeness (QED) is 0.918. The van der Waals surface area contributed by atoms with Gasteiger partial charge >= 0.3 is 0 Å². The maximum absolute atomic E-state index is 12.1. The van der Waals surface area contributed by atoms with Crippen LogP contribution in [0.3, 0.4) is 0 Å². The predicted molar refractivity (Wildman–Crippen MR) is 82.6 cm³/mol. The second kappa shape index (κ2) is 6.99. The van der Waals surface area contributed by atoms with Gasteiger partial charge in [-0.1, -0.05) is 12.1 Å². The Labute approximate surface area is 127 Å². The molecule has 0 saturated carbocycles. The van der Waals surface area contributed by atoms with Gasteiger partial charge in [0.15, 0.2) is 0 Å². The Morgan fingerprint density at radius 3 is 2.85 bits per heavy atom. The number of hydrogen-bond acceptors (Lipinski definition) is 3. The van der Waals surface area contributed by atoms with Crippen LogP contribution in [-0.2, 0) is 9.59 Å². The van der Waals surface area contributed by atoms with Crippen LogP contribution in [0.25, 0.3) is 0 Å². The van der Waals surface area contributed by atoms with Crippen LogP contribution >= 0.6 is 15.9 Å². The molecule has 1 unspecified atom stereocenters. The second-order valence-electron chi connectivity index (χ2n) is 5.21.